The largest absolute Gasteiger partial charge is 0.322 e. The van der Waals surface area contributed by atoms with E-state index in [-0.39, 0.29) is 6.03 Å². The summed E-state index contributed by atoms with van der Waals surface area (Å²) in [6, 6.07) is 6.41. The molecule has 5 heteroatoms. The van der Waals surface area contributed by atoms with Crippen molar-refractivity contribution < 1.29 is 4.79 Å². The molecule has 2 amide bonds. The lowest BCUT2D eigenvalue weighted by molar-refractivity contribution is 0.144. The van der Waals surface area contributed by atoms with Crippen molar-refractivity contribution in [3.05, 3.63) is 29.3 Å². The molecule has 1 N–H and O–H groups in total. The Bertz CT molecular complexity index is 578. The highest BCUT2D eigenvalue weighted by atomic mass is 16.2. The molecule has 1 aromatic rings. The van der Waals surface area contributed by atoms with Gasteiger partial charge >= 0.3 is 6.03 Å². The summed E-state index contributed by atoms with van der Waals surface area (Å²) in [5.74, 6) is 0.764. The zero-order valence-corrected chi connectivity index (χ0v) is 18.1. The molecule has 1 saturated heterocycles. The normalized spacial score (nSPS) is 15.8. The van der Waals surface area contributed by atoms with Gasteiger partial charge in [-0.1, -0.05) is 45.9 Å². The van der Waals surface area contributed by atoms with Gasteiger partial charge in [-0.3, -0.25) is 4.90 Å². The van der Waals surface area contributed by atoms with E-state index in [4.69, 9.17) is 0 Å². The summed E-state index contributed by atoms with van der Waals surface area (Å²) in [6.07, 6.45) is 1.18. The van der Waals surface area contributed by atoms with Crippen LogP contribution in [0.4, 0.5) is 10.5 Å². The van der Waals surface area contributed by atoms with Gasteiger partial charge in [-0.15, -0.1) is 0 Å². The summed E-state index contributed by atoms with van der Waals surface area (Å²) in [4.78, 5) is 19.6. The molecule has 1 heterocycles. The van der Waals surface area contributed by atoms with E-state index in [0.29, 0.717) is 11.8 Å². The number of rotatable bonds is 7. The first-order valence-electron chi connectivity index (χ1n) is 10.4. The first-order valence-corrected chi connectivity index (χ1v) is 10.4. The van der Waals surface area contributed by atoms with Crippen LogP contribution in [0.15, 0.2) is 18.2 Å². The van der Waals surface area contributed by atoms with E-state index in [1.54, 1.807) is 0 Å². The lowest BCUT2D eigenvalue weighted by Gasteiger charge is -2.35. The van der Waals surface area contributed by atoms with E-state index in [2.05, 4.69) is 75.1 Å². The Kier molecular flexibility index (Phi) is 8.11. The highest BCUT2D eigenvalue weighted by Gasteiger charge is 2.23. The Balaban J connectivity index is 1.97. The average molecular weight is 375 g/mol. The number of nitrogens with zero attached hydrogens (tertiary/aromatic N) is 3. The maximum absolute atomic E-state index is 12.9. The van der Waals surface area contributed by atoms with Crippen molar-refractivity contribution in [1.29, 1.82) is 0 Å². The lowest BCUT2D eigenvalue weighted by Crippen LogP contribution is -2.50. The highest BCUT2D eigenvalue weighted by Crippen LogP contribution is 2.32. The summed E-state index contributed by atoms with van der Waals surface area (Å²) in [6.45, 7) is 14.5. The zero-order chi connectivity index (χ0) is 20.0. The lowest BCUT2D eigenvalue weighted by atomic mass is 9.93. The number of amides is 2. The minimum absolute atomic E-state index is 0.0398. The van der Waals surface area contributed by atoms with Gasteiger partial charge in [0.05, 0.1) is 0 Å². The van der Waals surface area contributed by atoms with Gasteiger partial charge in [-0.25, -0.2) is 4.79 Å². The molecule has 152 valence electrons. The summed E-state index contributed by atoms with van der Waals surface area (Å²) in [7, 11) is 4.23. The third-order valence-electron chi connectivity index (χ3n) is 5.34. The maximum atomic E-state index is 12.9. The quantitative estimate of drug-likeness (QED) is 0.783. The minimum Gasteiger partial charge on any atom is -0.322 e. The Morgan fingerprint density at radius 1 is 1.04 bits per heavy atom. The zero-order valence-electron chi connectivity index (χ0n) is 18.1. The van der Waals surface area contributed by atoms with E-state index in [1.165, 1.54) is 17.5 Å². The maximum Gasteiger partial charge on any atom is 0.321 e. The van der Waals surface area contributed by atoms with Gasteiger partial charge in [-0.2, -0.15) is 0 Å². The van der Waals surface area contributed by atoms with Crippen molar-refractivity contribution in [3.63, 3.8) is 0 Å². The number of para-hydroxylation sites is 1. The fourth-order valence-corrected chi connectivity index (χ4v) is 3.67. The van der Waals surface area contributed by atoms with Crippen molar-refractivity contribution in [2.45, 2.75) is 46.0 Å². The van der Waals surface area contributed by atoms with Crippen LogP contribution in [0.25, 0.3) is 0 Å². The van der Waals surface area contributed by atoms with Crippen LogP contribution in [0.5, 0.6) is 0 Å². The molecule has 0 spiro atoms. The summed E-state index contributed by atoms with van der Waals surface area (Å²) in [5, 5.41) is 3.25. The van der Waals surface area contributed by atoms with Crippen molar-refractivity contribution in [3.8, 4) is 0 Å². The molecule has 27 heavy (non-hydrogen) atoms. The molecule has 0 aromatic heterocycles. The Morgan fingerprint density at radius 2 is 1.59 bits per heavy atom. The Labute approximate surface area is 165 Å². The molecule has 1 aromatic carbocycles. The number of benzene rings is 1. The standard InChI is InChI=1S/C22H38N4O/c1-17(2)19-9-7-10-20(18(3)4)21(19)23-22(27)26-15-13-25(14-16-26)12-8-11-24(5)6/h7,9-10,17-18H,8,11-16H2,1-6H3,(H,23,27). The molecule has 0 unspecified atom stereocenters. The topological polar surface area (TPSA) is 38.8 Å². The minimum atomic E-state index is 0.0398. The van der Waals surface area contributed by atoms with Crippen molar-refractivity contribution >= 4 is 11.7 Å². The fourth-order valence-electron chi connectivity index (χ4n) is 3.67. The molecule has 2 rings (SSSR count). The number of hydrogen-bond donors (Lipinski definition) is 1. The smallest absolute Gasteiger partial charge is 0.321 e. The molecule has 0 bridgehead atoms. The molecule has 1 aliphatic rings. The first-order chi connectivity index (χ1) is 12.8. The molecule has 0 atom stereocenters. The van der Waals surface area contributed by atoms with E-state index < -0.39 is 0 Å². The van der Waals surface area contributed by atoms with Gasteiger partial charge in [0.15, 0.2) is 0 Å². The second-order valence-corrected chi connectivity index (χ2v) is 8.54. The summed E-state index contributed by atoms with van der Waals surface area (Å²) < 4.78 is 0. The van der Waals surface area contributed by atoms with Gasteiger partial charge in [0.1, 0.15) is 0 Å². The van der Waals surface area contributed by atoms with Crippen molar-refractivity contribution in [1.82, 2.24) is 14.7 Å². The van der Waals surface area contributed by atoms with Crippen LogP contribution in [0, 0.1) is 0 Å². The predicted octanol–water partition coefficient (Wildman–Crippen LogP) is 4.03. The number of hydrogen-bond acceptors (Lipinski definition) is 3. The van der Waals surface area contributed by atoms with Crippen molar-refractivity contribution in [2.75, 3.05) is 58.7 Å². The number of anilines is 1. The van der Waals surface area contributed by atoms with E-state index in [0.717, 1.165) is 45.0 Å². The molecule has 1 fully saturated rings. The SMILES string of the molecule is CC(C)c1cccc(C(C)C)c1NC(=O)N1CCN(CCCN(C)C)CC1. The summed E-state index contributed by atoms with van der Waals surface area (Å²) >= 11 is 0. The fraction of sp³-hybridized carbons (Fsp3) is 0.682. The third-order valence-corrected chi connectivity index (χ3v) is 5.34. The average Bonchev–Trinajstić information content (AvgIpc) is 2.61. The first kappa shape index (κ1) is 21.7. The number of carbonyl (C=O) groups is 1. The van der Waals surface area contributed by atoms with Gasteiger partial charge in [-0.05, 0) is 56.6 Å². The third kappa shape index (κ3) is 6.22. The van der Waals surface area contributed by atoms with E-state index in [1.807, 2.05) is 4.90 Å². The number of nitrogens with one attached hydrogen (secondary N) is 1. The Morgan fingerprint density at radius 3 is 2.07 bits per heavy atom. The molecular formula is C22H38N4O. The van der Waals surface area contributed by atoms with Crippen LogP contribution < -0.4 is 5.32 Å². The van der Waals surface area contributed by atoms with Crippen molar-refractivity contribution in [2.24, 2.45) is 0 Å². The van der Waals surface area contributed by atoms with Gasteiger partial charge in [0, 0.05) is 31.9 Å². The van der Waals surface area contributed by atoms with Crippen LogP contribution in [-0.4, -0.2) is 74.1 Å². The van der Waals surface area contributed by atoms with Crippen LogP contribution in [0.2, 0.25) is 0 Å². The van der Waals surface area contributed by atoms with E-state index in [9.17, 15) is 4.79 Å². The number of urea groups is 1. The molecule has 5 nitrogen and oxygen atoms in total. The second-order valence-electron chi connectivity index (χ2n) is 8.54. The molecule has 1 aliphatic heterocycles. The van der Waals surface area contributed by atoms with Gasteiger partial charge < -0.3 is 15.1 Å². The van der Waals surface area contributed by atoms with Gasteiger partial charge in [0.2, 0.25) is 0 Å². The number of piperazine rings is 1. The molecule has 0 saturated carbocycles. The van der Waals surface area contributed by atoms with Crippen LogP contribution >= 0.6 is 0 Å². The van der Waals surface area contributed by atoms with Crippen LogP contribution in [0.3, 0.4) is 0 Å². The Hall–Kier alpha value is -1.59. The van der Waals surface area contributed by atoms with Crippen LogP contribution in [-0.2, 0) is 0 Å². The molecule has 0 radical (unpaired) electrons. The second kappa shape index (κ2) is 10.1. The molecule has 0 aliphatic carbocycles. The predicted molar refractivity (Wildman–Crippen MR) is 115 cm³/mol. The van der Waals surface area contributed by atoms with Gasteiger partial charge in [0.25, 0.3) is 0 Å². The van der Waals surface area contributed by atoms with Crippen LogP contribution in [0.1, 0.15) is 57.1 Å². The highest BCUT2D eigenvalue weighted by molar-refractivity contribution is 5.91. The number of carbonyl (C=O) groups excluding carboxylic acids is 1. The van der Waals surface area contributed by atoms with E-state index >= 15 is 0 Å². The monoisotopic (exact) mass is 374 g/mol. The molecular weight excluding hydrogens is 336 g/mol. The summed E-state index contributed by atoms with van der Waals surface area (Å²) in [5.41, 5.74) is 3.45.